The second kappa shape index (κ2) is 12.5. The molecule has 2 atom stereocenters. The second-order valence-corrected chi connectivity index (χ2v) is 8.27. The average molecular weight is 442 g/mol. The van der Waals surface area contributed by atoms with Crippen LogP contribution in [0.4, 0.5) is 0 Å². The highest BCUT2D eigenvalue weighted by molar-refractivity contribution is 7.79. The van der Waals surface area contributed by atoms with Gasteiger partial charge in [0.2, 0.25) is 5.91 Å². The molecule has 9 heteroatoms. The fourth-order valence-corrected chi connectivity index (χ4v) is 3.33. The number of nitrogens with zero attached hydrogens (tertiary/aromatic N) is 2. The third-order valence-corrected chi connectivity index (χ3v) is 5.32. The molecule has 2 amide bonds. The van der Waals surface area contributed by atoms with Crippen LogP contribution in [0.5, 0.6) is 0 Å². The SMILES string of the molecule is COB(C)[C@H](CC(C)C)NC(=O)[C@H](Cc1ccccc1)NC(=O)c1cnc(CS)cn1. The Balaban J connectivity index is 2.19. The summed E-state index contributed by atoms with van der Waals surface area (Å²) in [5, 5.41) is 5.89. The number of benzene rings is 1. The van der Waals surface area contributed by atoms with Crippen molar-refractivity contribution in [3.63, 3.8) is 0 Å². The Morgan fingerprint density at radius 1 is 1.13 bits per heavy atom. The summed E-state index contributed by atoms with van der Waals surface area (Å²) in [6.07, 6.45) is 4.03. The van der Waals surface area contributed by atoms with Crippen LogP contribution in [0.1, 0.15) is 42.0 Å². The predicted molar refractivity (Wildman–Crippen MR) is 126 cm³/mol. The van der Waals surface area contributed by atoms with E-state index in [1.807, 2.05) is 37.2 Å². The summed E-state index contributed by atoms with van der Waals surface area (Å²) in [5.41, 5.74) is 1.77. The lowest BCUT2D eigenvalue weighted by Gasteiger charge is -2.26. The smallest absolute Gasteiger partial charge is 0.312 e. The molecule has 166 valence electrons. The Kier molecular flexibility index (Phi) is 10.0. The molecule has 0 aliphatic carbocycles. The first-order valence-corrected chi connectivity index (χ1v) is 11.1. The summed E-state index contributed by atoms with van der Waals surface area (Å²) in [5.74, 6) is -0.0583. The largest absolute Gasteiger partial charge is 0.437 e. The van der Waals surface area contributed by atoms with Gasteiger partial charge in [0.15, 0.2) is 0 Å². The predicted octanol–water partition coefficient (Wildman–Crippen LogP) is 2.59. The number of rotatable bonds is 11. The summed E-state index contributed by atoms with van der Waals surface area (Å²) in [6, 6.07) is 8.81. The number of nitrogens with one attached hydrogen (secondary N) is 2. The van der Waals surface area contributed by atoms with Crippen LogP contribution in [0, 0.1) is 5.92 Å². The minimum Gasteiger partial charge on any atom is -0.437 e. The average Bonchev–Trinajstić information content (AvgIpc) is 2.77. The van der Waals surface area contributed by atoms with Gasteiger partial charge in [0.25, 0.3) is 5.91 Å². The van der Waals surface area contributed by atoms with Gasteiger partial charge in [0, 0.05) is 25.2 Å². The molecule has 0 aliphatic heterocycles. The summed E-state index contributed by atoms with van der Waals surface area (Å²) in [6.45, 7) is 5.96. The second-order valence-electron chi connectivity index (χ2n) is 7.95. The highest BCUT2D eigenvalue weighted by Crippen LogP contribution is 2.11. The standard InChI is InChI=1S/C22H31BN4O3S/c1-15(2)10-20(23(3)30-4)27-21(28)18(11-16-8-6-5-7-9-16)26-22(29)19-13-24-17(14-31)12-25-19/h5-9,12-13,15,18,20,31H,10-11,14H2,1-4H3,(H,26,29)(H,27,28)/t18-,20-/m0/s1. The molecule has 0 saturated carbocycles. The molecule has 0 fully saturated rings. The third kappa shape index (κ3) is 7.99. The zero-order chi connectivity index (χ0) is 22.8. The molecule has 31 heavy (non-hydrogen) atoms. The molecule has 2 N–H and O–H groups in total. The van der Waals surface area contributed by atoms with E-state index in [9.17, 15) is 9.59 Å². The van der Waals surface area contributed by atoms with Crippen LogP contribution in [-0.4, -0.2) is 47.8 Å². The molecule has 0 bridgehead atoms. The van der Waals surface area contributed by atoms with Crippen LogP contribution < -0.4 is 10.6 Å². The van der Waals surface area contributed by atoms with E-state index in [2.05, 4.69) is 47.1 Å². The first kappa shape index (κ1) is 24.9. The maximum atomic E-state index is 13.2. The van der Waals surface area contributed by atoms with Gasteiger partial charge in [-0.3, -0.25) is 14.6 Å². The van der Waals surface area contributed by atoms with Crippen molar-refractivity contribution in [2.45, 2.75) is 51.2 Å². The van der Waals surface area contributed by atoms with Gasteiger partial charge in [-0.05, 0) is 17.9 Å². The lowest BCUT2D eigenvalue weighted by Crippen LogP contribution is -2.54. The minimum absolute atomic E-state index is 0.153. The topological polar surface area (TPSA) is 93.2 Å². The molecule has 2 rings (SSSR count). The number of thiol groups is 1. The Morgan fingerprint density at radius 3 is 2.39 bits per heavy atom. The molecule has 0 radical (unpaired) electrons. The summed E-state index contributed by atoms with van der Waals surface area (Å²) < 4.78 is 5.46. The van der Waals surface area contributed by atoms with Crippen LogP contribution in [0.2, 0.25) is 6.82 Å². The van der Waals surface area contributed by atoms with Crippen LogP contribution in [-0.2, 0) is 21.6 Å². The van der Waals surface area contributed by atoms with Crippen molar-refractivity contribution in [1.29, 1.82) is 0 Å². The monoisotopic (exact) mass is 442 g/mol. The van der Waals surface area contributed by atoms with Gasteiger partial charge in [0.1, 0.15) is 11.7 Å². The Morgan fingerprint density at radius 2 is 1.84 bits per heavy atom. The first-order chi connectivity index (χ1) is 14.8. The van der Waals surface area contributed by atoms with E-state index in [1.165, 1.54) is 12.4 Å². The van der Waals surface area contributed by atoms with Gasteiger partial charge in [0.05, 0.1) is 18.1 Å². The number of aromatic nitrogens is 2. The lowest BCUT2D eigenvalue weighted by molar-refractivity contribution is -0.123. The van der Waals surface area contributed by atoms with Crippen LogP contribution in [0.25, 0.3) is 0 Å². The van der Waals surface area contributed by atoms with Crippen molar-refractivity contribution >= 4 is 31.4 Å². The quantitative estimate of drug-likeness (QED) is 0.368. The molecule has 1 aromatic heterocycles. The third-order valence-electron chi connectivity index (χ3n) is 5.00. The van der Waals surface area contributed by atoms with Gasteiger partial charge < -0.3 is 15.3 Å². The molecule has 2 aromatic rings. The molecule has 1 heterocycles. The summed E-state index contributed by atoms with van der Waals surface area (Å²) in [4.78, 5) is 34.3. The van der Waals surface area contributed by atoms with Crippen molar-refractivity contribution in [2.75, 3.05) is 7.11 Å². The number of hydrogen-bond acceptors (Lipinski definition) is 6. The number of carbonyl (C=O) groups is 2. The van der Waals surface area contributed by atoms with Gasteiger partial charge in [-0.15, -0.1) is 0 Å². The Bertz CT molecular complexity index is 836. The molecule has 1 aromatic carbocycles. The van der Waals surface area contributed by atoms with Gasteiger partial charge >= 0.3 is 6.92 Å². The van der Waals surface area contributed by atoms with Crippen molar-refractivity contribution in [2.24, 2.45) is 5.92 Å². The molecule has 0 saturated heterocycles. The van der Waals surface area contributed by atoms with Crippen LogP contribution >= 0.6 is 12.6 Å². The first-order valence-electron chi connectivity index (χ1n) is 10.4. The normalized spacial score (nSPS) is 12.8. The van der Waals surface area contributed by atoms with Crippen LogP contribution in [0.3, 0.4) is 0 Å². The molecule has 0 aliphatic rings. The van der Waals surface area contributed by atoms with E-state index < -0.39 is 11.9 Å². The molecule has 0 spiro atoms. The van der Waals surface area contributed by atoms with Gasteiger partial charge in [-0.2, -0.15) is 12.6 Å². The fourth-order valence-electron chi connectivity index (χ4n) is 3.17. The minimum atomic E-state index is -0.764. The maximum absolute atomic E-state index is 13.2. The van der Waals surface area contributed by atoms with Gasteiger partial charge in [-0.1, -0.05) is 51.0 Å². The number of amides is 2. The maximum Gasteiger partial charge on any atom is 0.312 e. The van der Waals surface area contributed by atoms with E-state index in [1.54, 1.807) is 7.11 Å². The molecular formula is C22H31BN4O3S. The zero-order valence-electron chi connectivity index (χ0n) is 18.5. The lowest BCUT2D eigenvalue weighted by atomic mass is 9.60. The highest BCUT2D eigenvalue weighted by atomic mass is 32.1. The van der Waals surface area contributed by atoms with Crippen molar-refractivity contribution in [1.82, 2.24) is 20.6 Å². The Hall–Kier alpha value is -2.39. The Labute approximate surface area is 190 Å². The number of carbonyl (C=O) groups excluding carboxylic acids is 2. The van der Waals surface area contributed by atoms with Crippen molar-refractivity contribution in [3.05, 3.63) is 59.7 Å². The van der Waals surface area contributed by atoms with E-state index in [-0.39, 0.29) is 24.5 Å². The van der Waals surface area contributed by atoms with E-state index in [4.69, 9.17) is 4.65 Å². The van der Waals surface area contributed by atoms with E-state index in [0.717, 1.165) is 12.0 Å². The van der Waals surface area contributed by atoms with Crippen LogP contribution in [0.15, 0.2) is 42.7 Å². The summed E-state index contributed by atoms with van der Waals surface area (Å²) >= 11 is 4.15. The molecule has 0 unspecified atom stereocenters. The van der Waals surface area contributed by atoms with E-state index >= 15 is 0 Å². The van der Waals surface area contributed by atoms with Gasteiger partial charge in [-0.25, -0.2) is 4.98 Å². The molecule has 7 nitrogen and oxygen atoms in total. The zero-order valence-corrected chi connectivity index (χ0v) is 19.4. The molecular weight excluding hydrogens is 411 g/mol. The highest BCUT2D eigenvalue weighted by Gasteiger charge is 2.29. The van der Waals surface area contributed by atoms with Crippen molar-refractivity contribution < 1.29 is 14.2 Å². The number of hydrogen-bond donors (Lipinski definition) is 3. The van der Waals surface area contributed by atoms with Crippen molar-refractivity contribution in [3.8, 4) is 0 Å². The fraction of sp³-hybridized carbons (Fsp3) is 0.455. The van der Waals surface area contributed by atoms with E-state index in [0.29, 0.717) is 23.8 Å². The summed E-state index contributed by atoms with van der Waals surface area (Å²) in [7, 11) is 1.63.